The Bertz CT molecular complexity index is 282. The standard InChI is InChI=1S/4Na.H4O7P2.H3O4P.4H/c;;;;1-8(2,3)7-9(4,5)6;1-5(2,3)4;;;;/h;;;;(H2,1,2,3)(H2,4,5,6);(H3,1,2,3,4);;;;/q4*+1;;;4*-1. The summed E-state index contributed by atoms with van der Waals surface area (Å²) in [5.74, 6) is 0. The summed E-state index contributed by atoms with van der Waals surface area (Å²) in [6.07, 6.45) is 0. The van der Waals surface area contributed by atoms with Gasteiger partial charge in [0.05, 0.1) is 0 Å². The van der Waals surface area contributed by atoms with E-state index in [0.717, 1.165) is 0 Å². The summed E-state index contributed by atoms with van der Waals surface area (Å²) in [5.41, 5.74) is 0. The van der Waals surface area contributed by atoms with Crippen molar-refractivity contribution < 1.29 is 176 Å². The van der Waals surface area contributed by atoms with E-state index < -0.39 is 23.5 Å². The molecule has 18 heteroatoms. The topological polar surface area (TPSA) is 202 Å². The quantitative estimate of drug-likeness (QED) is 0.179. The molecule has 0 aliphatic carbocycles. The molecule has 11 nitrogen and oxygen atoms in total. The van der Waals surface area contributed by atoms with Gasteiger partial charge in [-0.2, -0.15) is 4.31 Å². The van der Waals surface area contributed by atoms with E-state index >= 15 is 0 Å². The summed E-state index contributed by atoms with van der Waals surface area (Å²) in [4.78, 5) is 52.6. The molecule has 0 aromatic rings. The second-order valence-corrected chi connectivity index (χ2v) is 5.22. The van der Waals surface area contributed by atoms with E-state index in [0.29, 0.717) is 0 Å². The van der Waals surface area contributed by atoms with Crippen molar-refractivity contribution in [2.45, 2.75) is 0 Å². The minimum absolute atomic E-state index is 0. The van der Waals surface area contributed by atoms with E-state index in [9.17, 15) is 9.13 Å². The fourth-order valence-electron chi connectivity index (χ4n) is 0.139. The van der Waals surface area contributed by atoms with Crippen molar-refractivity contribution in [2.75, 3.05) is 0 Å². The van der Waals surface area contributed by atoms with Gasteiger partial charge >= 0.3 is 142 Å². The molecule has 0 atom stereocenters. The number of hydrogen-bond donors (Lipinski definition) is 7. The molecule has 0 saturated carbocycles. The third-order valence-electron chi connectivity index (χ3n) is 0.213. The van der Waals surface area contributed by atoms with Crippen LogP contribution < -0.4 is 118 Å². The zero-order valence-electron chi connectivity index (χ0n) is 14.1. The Hall–Kier alpha value is 4.37. The first-order valence-corrected chi connectivity index (χ1v) is 6.94. The Morgan fingerprint density at radius 2 is 0.722 bits per heavy atom. The predicted molar refractivity (Wildman–Crippen MR) is 43.9 cm³/mol. The first kappa shape index (κ1) is 38.1. The molecule has 7 N–H and O–H groups in total. The van der Waals surface area contributed by atoms with Crippen LogP contribution in [0.15, 0.2) is 0 Å². The van der Waals surface area contributed by atoms with Gasteiger partial charge in [-0.1, -0.05) is 0 Å². The van der Waals surface area contributed by atoms with E-state index in [-0.39, 0.29) is 124 Å². The van der Waals surface area contributed by atoms with Crippen molar-refractivity contribution in [1.82, 2.24) is 0 Å². The molecule has 96 valence electrons. The third kappa shape index (κ3) is 71.1. The van der Waals surface area contributed by atoms with Crippen molar-refractivity contribution >= 4 is 23.5 Å². The Morgan fingerprint density at radius 1 is 0.611 bits per heavy atom. The molecule has 0 heterocycles. The average molecular weight is 372 g/mol. The Labute approximate surface area is 196 Å². The van der Waals surface area contributed by atoms with Crippen molar-refractivity contribution in [3.05, 3.63) is 0 Å². The van der Waals surface area contributed by atoms with Gasteiger partial charge in [-0.05, 0) is 0 Å². The normalized spacial score (nSPS) is 10.2. The maximum atomic E-state index is 9.63. The fourth-order valence-corrected chi connectivity index (χ4v) is 1.25. The number of phosphoric acid groups is 3. The van der Waals surface area contributed by atoms with Crippen LogP contribution in [0.5, 0.6) is 0 Å². The van der Waals surface area contributed by atoms with Crippen molar-refractivity contribution in [3.63, 3.8) is 0 Å². The van der Waals surface area contributed by atoms with Crippen LogP contribution in [-0.2, 0) is 18.0 Å². The van der Waals surface area contributed by atoms with Crippen molar-refractivity contribution in [1.29, 1.82) is 0 Å². The predicted octanol–water partition coefficient (Wildman–Crippen LogP) is -13.3. The second kappa shape index (κ2) is 16.2. The molecule has 0 fully saturated rings. The molecule has 0 rings (SSSR count). The second-order valence-electron chi connectivity index (χ2n) is 1.58. The Kier molecular flexibility index (Phi) is 34.4. The molecule has 18 heavy (non-hydrogen) atoms. The minimum atomic E-state index is -5.05. The number of hydrogen-bond acceptors (Lipinski definition) is 4. The van der Waals surface area contributed by atoms with Gasteiger partial charge in [0.1, 0.15) is 0 Å². The molecule has 0 unspecified atom stereocenters. The summed E-state index contributed by atoms with van der Waals surface area (Å²) < 4.78 is 31.1. The van der Waals surface area contributed by atoms with Gasteiger partial charge in [0.15, 0.2) is 0 Å². The first-order valence-electron chi connectivity index (χ1n) is 2.31. The smallest absolute Gasteiger partial charge is 1.00 e. The molecule has 0 radical (unpaired) electrons. The summed E-state index contributed by atoms with van der Waals surface area (Å²) >= 11 is 0. The van der Waals surface area contributed by atoms with E-state index in [4.69, 9.17) is 38.8 Å². The molecule has 0 spiro atoms. The molecule has 0 aliphatic heterocycles. The summed E-state index contributed by atoms with van der Waals surface area (Å²) in [7, 11) is -14.7. The van der Waals surface area contributed by atoms with Crippen LogP contribution in [0.2, 0.25) is 0 Å². The average Bonchev–Trinajstić information content (AvgIpc) is 1.42. The first-order chi connectivity index (χ1) is 5.71. The maximum absolute atomic E-state index is 9.63. The maximum Gasteiger partial charge on any atom is 1.00 e. The van der Waals surface area contributed by atoms with Crippen LogP contribution in [0.25, 0.3) is 0 Å². The van der Waals surface area contributed by atoms with Crippen LogP contribution in [0.4, 0.5) is 0 Å². The molecule has 0 aliphatic rings. The largest absolute Gasteiger partial charge is 1.00 e. The molecule has 0 amide bonds. The summed E-state index contributed by atoms with van der Waals surface area (Å²) in [6, 6.07) is 0. The summed E-state index contributed by atoms with van der Waals surface area (Å²) in [6.45, 7) is 0. The van der Waals surface area contributed by atoms with Crippen LogP contribution in [0.1, 0.15) is 5.71 Å². The minimum Gasteiger partial charge on any atom is -1.00 e. The third-order valence-corrected chi connectivity index (χ3v) is 1.91. The van der Waals surface area contributed by atoms with Crippen LogP contribution in [0.3, 0.4) is 0 Å². The zero-order chi connectivity index (χ0) is 12.2. The van der Waals surface area contributed by atoms with Gasteiger partial charge in [-0.3, -0.25) is 0 Å². The van der Waals surface area contributed by atoms with Crippen LogP contribution >= 0.6 is 23.5 Å². The van der Waals surface area contributed by atoms with E-state index in [1.54, 1.807) is 0 Å². The molecule has 0 saturated heterocycles. The van der Waals surface area contributed by atoms with Crippen molar-refractivity contribution in [3.8, 4) is 0 Å². The molecular weight excluding hydrogens is 361 g/mol. The van der Waals surface area contributed by atoms with E-state index in [1.165, 1.54) is 0 Å². The summed E-state index contributed by atoms with van der Waals surface area (Å²) in [5, 5.41) is 0. The van der Waals surface area contributed by atoms with Gasteiger partial charge < -0.3 is 40.0 Å². The zero-order valence-corrected chi connectivity index (χ0v) is 20.8. The Morgan fingerprint density at radius 3 is 0.722 bits per heavy atom. The molecule has 0 bridgehead atoms. The van der Waals surface area contributed by atoms with Gasteiger partial charge in [0.25, 0.3) is 0 Å². The SMILES string of the molecule is O=P(O)(O)O.O=P(O)(O)OP(=O)(O)O.[H-].[H-].[H-].[H-].[Na+].[Na+].[Na+].[Na+]. The number of rotatable bonds is 2. The Balaban J connectivity index is -0.0000000128. The molecule has 0 aromatic carbocycles. The van der Waals surface area contributed by atoms with Gasteiger partial charge in [0.2, 0.25) is 0 Å². The van der Waals surface area contributed by atoms with E-state index in [1.807, 2.05) is 0 Å². The van der Waals surface area contributed by atoms with Gasteiger partial charge in [0, 0.05) is 0 Å². The monoisotopic (exact) mass is 372 g/mol. The fraction of sp³-hybridized carbons (Fsp3) is 0. The van der Waals surface area contributed by atoms with Gasteiger partial charge in [-0.25, -0.2) is 13.7 Å². The molecular formula is H11Na4O11P3. The van der Waals surface area contributed by atoms with Gasteiger partial charge in [-0.15, -0.1) is 0 Å². The van der Waals surface area contributed by atoms with Crippen molar-refractivity contribution in [2.24, 2.45) is 0 Å². The van der Waals surface area contributed by atoms with E-state index in [2.05, 4.69) is 4.31 Å². The van der Waals surface area contributed by atoms with Crippen LogP contribution in [0, 0.1) is 0 Å². The van der Waals surface area contributed by atoms with Crippen LogP contribution in [-0.4, -0.2) is 34.3 Å². The molecule has 0 aromatic heterocycles.